The molecule has 0 radical (unpaired) electrons. The molecular weight excluding hydrogens is 258 g/mol. The fourth-order valence-electron chi connectivity index (χ4n) is 1.92. The molecule has 114 valence electrons. The van der Waals surface area contributed by atoms with Crippen molar-refractivity contribution < 1.29 is 4.79 Å². The molecule has 1 heterocycles. The van der Waals surface area contributed by atoms with Crippen molar-refractivity contribution >= 4 is 11.9 Å². The van der Waals surface area contributed by atoms with Gasteiger partial charge in [-0.15, -0.1) is 0 Å². The van der Waals surface area contributed by atoms with E-state index in [1.54, 1.807) is 24.4 Å². The Hall–Kier alpha value is -2.09. The fourth-order valence-corrected chi connectivity index (χ4v) is 1.92. The lowest BCUT2D eigenvalue weighted by Gasteiger charge is -2.06. The van der Waals surface area contributed by atoms with Gasteiger partial charge in [-0.3, -0.25) is 4.79 Å². The minimum absolute atomic E-state index is 0.0350. The smallest absolute Gasteiger partial charge is 0.194 e. The molecule has 2 rings (SSSR count). The average Bonchev–Trinajstić information content (AvgIpc) is 2.99. The van der Waals surface area contributed by atoms with Crippen molar-refractivity contribution in [2.45, 2.75) is 40.5 Å². The molecule has 0 aliphatic heterocycles. The molecule has 0 amide bonds. The molecule has 1 aromatic rings. The van der Waals surface area contributed by atoms with E-state index >= 15 is 0 Å². The first-order valence-electron chi connectivity index (χ1n) is 7.63. The molecule has 21 heavy (non-hydrogen) atoms. The summed E-state index contributed by atoms with van der Waals surface area (Å²) in [5, 5.41) is 0. The van der Waals surface area contributed by atoms with Gasteiger partial charge in [0.05, 0.1) is 0 Å². The van der Waals surface area contributed by atoms with Crippen LogP contribution in [0, 0.1) is 0 Å². The number of H-pyrrole nitrogens is 1. The summed E-state index contributed by atoms with van der Waals surface area (Å²) in [4.78, 5) is 15.3. The number of hydrogen-bond acceptors (Lipinski definition) is 1. The van der Waals surface area contributed by atoms with Crippen LogP contribution in [-0.4, -0.2) is 10.8 Å². The number of allylic oxidation sites excluding steroid dienone is 5. The van der Waals surface area contributed by atoms with E-state index in [1.165, 1.54) is 0 Å². The van der Waals surface area contributed by atoms with Gasteiger partial charge < -0.3 is 4.98 Å². The molecule has 0 atom stereocenters. The third kappa shape index (κ3) is 5.07. The molecule has 0 saturated heterocycles. The molecule has 1 aliphatic rings. The zero-order valence-corrected chi connectivity index (χ0v) is 13.7. The molecule has 0 fully saturated rings. The van der Waals surface area contributed by atoms with E-state index in [9.17, 15) is 4.79 Å². The van der Waals surface area contributed by atoms with Gasteiger partial charge in [0.25, 0.3) is 0 Å². The van der Waals surface area contributed by atoms with Crippen molar-refractivity contribution in [1.29, 1.82) is 0 Å². The predicted molar refractivity (Wildman–Crippen MR) is 93.7 cm³/mol. The van der Waals surface area contributed by atoms with Crippen molar-refractivity contribution in [2.75, 3.05) is 0 Å². The molecule has 0 saturated carbocycles. The molecule has 0 unspecified atom stereocenters. The fraction of sp³-hybridized carbons (Fsp3) is 0.316. The standard InChI is InChI=1S/C15H15NO.2C2H6/c1-3-4-7-11(2)15(17)13-10-16-14-9-6-5-8-12(13)14;2*1-2/h3-5,7-8,10,16H,1-2,6,9H2;2*1-2H3/b7-4-;;. The maximum absolute atomic E-state index is 12.1. The van der Waals surface area contributed by atoms with E-state index < -0.39 is 0 Å². The zero-order chi connectivity index (χ0) is 16.3. The van der Waals surface area contributed by atoms with Crippen LogP contribution in [0.25, 0.3) is 6.08 Å². The van der Waals surface area contributed by atoms with Gasteiger partial charge in [-0.1, -0.05) is 71.2 Å². The SMILES string of the molecule is C=C/C=C\C(=C)C(=O)c1c[nH]c2c1C=CCC2.CC.CC. The summed E-state index contributed by atoms with van der Waals surface area (Å²) in [5.74, 6) is -0.0350. The summed E-state index contributed by atoms with van der Waals surface area (Å²) in [6.07, 6.45) is 12.9. The molecular formula is C19H27NO. The predicted octanol–water partition coefficient (Wildman–Crippen LogP) is 5.51. The van der Waals surface area contributed by atoms with Gasteiger partial charge in [0.2, 0.25) is 0 Å². The van der Waals surface area contributed by atoms with E-state index in [0.717, 1.165) is 24.1 Å². The van der Waals surface area contributed by atoms with Gasteiger partial charge in [0.1, 0.15) is 0 Å². The topological polar surface area (TPSA) is 32.9 Å². The summed E-state index contributed by atoms with van der Waals surface area (Å²) < 4.78 is 0. The van der Waals surface area contributed by atoms with Crippen LogP contribution in [0.3, 0.4) is 0 Å². The van der Waals surface area contributed by atoms with E-state index in [2.05, 4.69) is 24.2 Å². The number of Topliss-reactive ketones (excluding diaryl/α,β-unsaturated/α-hetero) is 1. The number of aromatic nitrogens is 1. The number of aromatic amines is 1. The normalized spacial score (nSPS) is 11.6. The van der Waals surface area contributed by atoms with Crippen molar-refractivity contribution in [3.63, 3.8) is 0 Å². The molecule has 2 heteroatoms. The summed E-state index contributed by atoms with van der Waals surface area (Å²) >= 11 is 0. The van der Waals surface area contributed by atoms with Crippen LogP contribution in [0.1, 0.15) is 55.7 Å². The van der Waals surface area contributed by atoms with E-state index in [1.807, 2.05) is 33.8 Å². The van der Waals surface area contributed by atoms with E-state index in [0.29, 0.717) is 11.1 Å². The van der Waals surface area contributed by atoms with Crippen LogP contribution in [0.2, 0.25) is 0 Å². The number of hydrogen-bond donors (Lipinski definition) is 1. The Balaban J connectivity index is 0.000000921. The van der Waals surface area contributed by atoms with Crippen molar-refractivity contribution in [1.82, 2.24) is 4.98 Å². The van der Waals surface area contributed by atoms with Gasteiger partial charge in [-0.25, -0.2) is 0 Å². The number of nitrogens with one attached hydrogen (secondary N) is 1. The van der Waals surface area contributed by atoms with E-state index in [4.69, 9.17) is 0 Å². The van der Waals surface area contributed by atoms with Crippen LogP contribution in [-0.2, 0) is 6.42 Å². The summed E-state index contributed by atoms with van der Waals surface area (Å²) in [7, 11) is 0. The van der Waals surface area contributed by atoms with Crippen LogP contribution in [0.4, 0.5) is 0 Å². The molecule has 1 aliphatic carbocycles. The molecule has 1 aromatic heterocycles. The van der Waals surface area contributed by atoms with Crippen molar-refractivity contribution in [2.24, 2.45) is 0 Å². The van der Waals surface area contributed by atoms with Gasteiger partial charge in [0, 0.05) is 28.6 Å². The Morgan fingerprint density at radius 1 is 1.29 bits per heavy atom. The first-order chi connectivity index (χ1) is 10.2. The Morgan fingerprint density at radius 3 is 2.57 bits per heavy atom. The van der Waals surface area contributed by atoms with E-state index in [-0.39, 0.29) is 5.78 Å². The Bertz CT molecular complexity index is 530. The zero-order valence-electron chi connectivity index (χ0n) is 13.7. The van der Waals surface area contributed by atoms with Crippen LogP contribution in [0.5, 0.6) is 0 Å². The van der Waals surface area contributed by atoms with Gasteiger partial charge >= 0.3 is 0 Å². The highest BCUT2D eigenvalue weighted by Crippen LogP contribution is 2.24. The maximum atomic E-state index is 12.1. The quantitative estimate of drug-likeness (QED) is 0.442. The summed E-state index contributed by atoms with van der Waals surface area (Å²) in [6, 6.07) is 0. The number of rotatable bonds is 4. The van der Waals surface area contributed by atoms with Crippen molar-refractivity contribution in [3.05, 3.63) is 66.1 Å². The average molecular weight is 285 g/mol. The lowest BCUT2D eigenvalue weighted by molar-refractivity contribution is 0.103. The first-order valence-corrected chi connectivity index (χ1v) is 7.63. The molecule has 1 N–H and O–H groups in total. The van der Waals surface area contributed by atoms with Gasteiger partial charge in [-0.05, 0) is 12.8 Å². The Kier molecular flexibility index (Phi) is 9.61. The Morgan fingerprint density at radius 2 is 1.95 bits per heavy atom. The van der Waals surface area contributed by atoms with Crippen LogP contribution in [0.15, 0.2) is 49.2 Å². The molecule has 0 bridgehead atoms. The van der Waals surface area contributed by atoms with Crippen molar-refractivity contribution in [3.8, 4) is 0 Å². The summed E-state index contributed by atoms with van der Waals surface area (Å²) in [6.45, 7) is 15.3. The third-order valence-corrected chi connectivity index (χ3v) is 2.82. The van der Waals surface area contributed by atoms with Crippen LogP contribution < -0.4 is 0 Å². The highest BCUT2D eigenvalue weighted by molar-refractivity contribution is 6.12. The number of fused-ring (bicyclic) bond motifs is 1. The van der Waals surface area contributed by atoms with Crippen LogP contribution >= 0.6 is 0 Å². The second kappa shape index (κ2) is 10.7. The largest absolute Gasteiger partial charge is 0.364 e. The highest BCUT2D eigenvalue weighted by Gasteiger charge is 2.17. The van der Waals surface area contributed by atoms with Gasteiger partial charge in [-0.2, -0.15) is 0 Å². The number of ketones is 1. The molecule has 0 aromatic carbocycles. The highest BCUT2D eigenvalue weighted by atomic mass is 16.1. The van der Waals surface area contributed by atoms with Gasteiger partial charge in [0.15, 0.2) is 5.78 Å². The number of aryl methyl sites for hydroxylation is 1. The second-order valence-corrected chi connectivity index (χ2v) is 3.98. The lowest BCUT2D eigenvalue weighted by Crippen LogP contribution is -2.02. The maximum Gasteiger partial charge on any atom is 0.194 e. The minimum atomic E-state index is -0.0350. The lowest BCUT2D eigenvalue weighted by atomic mass is 9.97. The second-order valence-electron chi connectivity index (χ2n) is 3.98. The third-order valence-electron chi connectivity index (χ3n) is 2.82. The number of carbonyl (C=O) groups is 1. The summed E-state index contributed by atoms with van der Waals surface area (Å²) in [5.41, 5.74) is 3.33. The number of carbonyl (C=O) groups excluding carboxylic acids is 1. The minimum Gasteiger partial charge on any atom is -0.364 e. The monoisotopic (exact) mass is 285 g/mol. The molecule has 2 nitrogen and oxygen atoms in total. The Labute approximate surface area is 129 Å². The molecule has 0 spiro atoms. The first kappa shape index (κ1) is 18.9.